The summed E-state index contributed by atoms with van der Waals surface area (Å²) in [5.74, 6) is 2.61. The molecule has 1 N–H and O–H groups in total. The summed E-state index contributed by atoms with van der Waals surface area (Å²) in [5, 5.41) is 3.36. The second kappa shape index (κ2) is 6.04. The van der Waals surface area contributed by atoms with Crippen LogP contribution < -0.4 is 5.32 Å². The molecule has 0 spiro atoms. The van der Waals surface area contributed by atoms with Crippen LogP contribution >= 0.6 is 0 Å². The van der Waals surface area contributed by atoms with Crippen LogP contribution in [-0.2, 0) is 13.5 Å². The van der Waals surface area contributed by atoms with Gasteiger partial charge in [0.05, 0.1) is 0 Å². The smallest absolute Gasteiger partial charge is 0.108 e. The van der Waals surface area contributed by atoms with Crippen molar-refractivity contribution in [3.8, 4) is 0 Å². The van der Waals surface area contributed by atoms with Crippen LogP contribution in [0.4, 0.5) is 0 Å². The molecule has 0 aromatic carbocycles. The van der Waals surface area contributed by atoms with E-state index in [4.69, 9.17) is 0 Å². The molecule has 2 atom stereocenters. The van der Waals surface area contributed by atoms with Crippen LogP contribution in [0.1, 0.15) is 33.0 Å². The lowest BCUT2D eigenvalue weighted by Crippen LogP contribution is -2.34. The Morgan fingerprint density at radius 2 is 2.06 bits per heavy atom. The van der Waals surface area contributed by atoms with Crippen LogP contribution in [0.5, 0.6) is 0 Å². The van der Waals surface area contributed by atoms with Gasteiger partial charge in [-0.1, -0.05) is 13.8 Å². The zero-order valence-electron chi connectivity index (χ0n) is 11.2. The third kappa shape index (κ3) is 3.34. The molecule has 0 saturated carbocycles. The molecule has 2 unspecified atom stereocenters. The molecule has 3 nitrogen and oxygen atoms in total. The van der Waals surface area contributed by atoms with E-state index in [0.717, 1.165) is 6.42 Å². The van der Waals surface area contributed by atoms with Gasteiger partial charge in [-0.2, -0.15) is 0 Å². The number of nitrogens with one attached hydrogen (secondary N) is 1. The Kier molecular flexibility index (Phi) is 5.00. The minimum absolute atomic E-state index is 0.570. The summed E-state index contributed by atoms with van der Waals surface area (Å²) in [4.78, 5) is 4.37. The molecule has 1 aromatic rings. The molecule has 0 aliphatic carbocycles. The number of rotatable bonds is 6. The number of hydrogen-bond donors (Lipinski definition) is 1. The van der Waals surface area contributed by atoms with Gasteiger partial charge in [-0.15, -0.1) is 0 Å². The van der Waals surface area contributed by atoms with E-state index in [-0.39, 0.29) is 0 Å². The molecule has 0 amide bonds. The highest BCUT2D eigenvalue weighted by atomic mass is 15.0. The predicted octanol–water partition coefficient (Wildman–Crippen LogP) is 2.23. The standard InChI is InChI=1S/C13H25N3/c1-10(2)12(11(3)14-4)6-7-13-15-8-9-16(13)5/h8-12,14H,6-7H2,1-5H3. The van der Waals surface area contributed by atoms with Crippen molar-refractivity contribution >= 4 is 0 Å². The summed E-state index contributed by atoms with van der Waals surface area (Å²) < 4.78 is 2.11. The Hall–Kier alpha value is -0.830. The maximum absolute atomic E-state index is 4.37. The molecule has 16 heavy (non-hydrogen) atoms. The number of imidazole rings is 1. The molecule has 0 radical (unpaired) electrons. The van der Waals surface area contributed by atoms with Crippen LogP contribution in [0.3, 0.4) is 0 Å². The van der Waals surface area contributed by atoms with Gasteiger partial charge in [-0.05, 0) is 32.2 Å². The summed E-state index contributed by atoms with van der Waals surface area (Å²) in [7, 11) is 4.11. The van der Waals surface area contributed by atoms with Crippen LogP contribution in [-0.4, -0.2) is 22.6 Å². The normalized spacial score (nSPS) is 15.4. The maximum atomic E-state index is 4.37. The average molecular weight is 223 g/mol. The van der Waals surface area contributed by atoms with Crippen molar-refractivity contribution in [3.05, 3.63) is 18.2 Å². The fourth-order valence-electron chi connectivity index (χ4n) is 2.31. The molecule has 0 bridgehead atoms. The number of hydrogen-bond acceptors (Lipinski definition) is 2. The van der Waals surface area contributed by atoms with E-state index < -0.39 is 0 Å². The maximum Gasteiger partial charge on any atom is 0.108 e. The SMILES string of the molecule is CNC(C)C(CCc1nccn1C)C(C)C. The van der Waals surface area contributed by atoms with Crippen molar-refractivity contribution < 1.29 is 0 Å². The van der Waals surface area contributed by atoms with Gasteiger partial charge >= 0.3 is 0 Å². The lowest BCUT2D eigenvalue weighted by molar-refractivity contribution is 0.281. The van der Waals surface area contributed by atoms with Gasteiger partial charge < -0.3 is 9.88 Å². The lowest BCUT2D eigenvalue weighted by Gasteiger charge is -2.27. The third-order valence-corrected chi connectivity index (χ3v) is 3.58. The second-order valence-corrected chi connectivity index (χ2v) is 4.98. The van der Waals surface area contributed by atoms with Gasteiger partial charge in [-0.25, -0.2) is 4.98 Å². The molecule has 92 valence electrons. The van der Waals surface area contributed by atoms with Gasteiger partial charge in [0.2, 0.25) is 0 Å². The summed E-state index contributed by atoms with van der Waals surface area (Å²) in [6.07, 6.45) is 6.16. The molecule has 1 rings (SSSR count). The minimum Gasteiger partial charge on any atom is -0.338 e. The Bertz CT molecular complexity index is 304. The molecule has 1 heterocycles. The summed E-state index contributed by atoms with van der Waals surface area (Å²) in [6.45, 7) is 6.87. The molecule has 0 saturated heterocycles. The van der Waals surface area contributed by atoms with Crippen LogP contribution in [0, 0.1) is 11.8 Å². The Morgan fingerprint density at radius 1 is 1.38 bits per heavy atom. The monoisotopic (exact) mass is 223 g/mol. The zero-order chi connectivity index (χ0) is 12.1. The highest BCUT2D eigenvalue weighted by molar-refractivity contribution is 4.92. The lowest BCUT2D eigenvalue weighted by atomic mass is 9.85. The topological polar surface area (TPSA) is 29.9 Å². The third-order valence-electron chi connectivity index (χ3n) is 3.58. The highest BCUT2D eigenvalue weighted by Crippen LogP contribution is 2.21. The van der Waals surface area contributed by atoms with E-state index in [1.165, 1.54) is 12.2 Å². The van der Waals surface area contributed by atoms with Crippen molar-refractivity contribution in [3.63, 3.8) is 0 Å². The van der Waals surface area contributed by atoms with E-state index in [1.807, 2.05) is 19.4 Å². The van der Waals surface area contributed by atoms with Gasteiger partial charge in [-0.3, -0.25) is 0 Å². The summed E-state index contributed by atoms with van der Waals surface area (Å²) in [5.41, 5.74) is 0. The number of nitrogens with zero attached hydrogens (tertiary/aromatic N) is 2. The first-order valence-electron chi connectivity index (χ1n) is 6.19. The molecule has 0 aliphatic heterocycles. The van der Waals surface area contributed by atoms with E-state index in [1.54, 1.807) is 0 Å². The van der Waals surface area contributed by atoms with Crippen molar-refractivity contribution in [2.24, 2.45) is 18.9 Å². The minimum atomic E-state index is 0.570. The first kappa shape index (κ1) is 13.2. The van der Waals surface area contributed by atoms with Crippen LogP contribution in [0.15, 0.2) is 12.4 Å². The van der Waals surface area contributed by atoms with Gasteiger partial charge in [0.15, 0.2) is 0 Å². The molecular formula is C13H25N3. The zero-order valence-corrected chi connectivity index (χ0v) is 11.2. The molecule has 1 aromatic heterocycles. The number of aryl methyl sites for hydroxylation is 2. The first-order chi connectivity index (χ1) is 7.56. The van der Waals surface area contributed by atoms with Crippen LogP contribution in [0.25, 0.3) is 0 Å². The van der Waals surface area contributed by atoms with Gasteiger partial charge in [0.1, 0.15) is 5.82 Å². The molecule has 3 heteroatoms. The van der Waals surface area contributed by atoms with E-state index in [0.29, 0.717) is 17.9 Å². The van der Waals surface area contributed by atoms with Crippen LogP contribution in [0.2, 0.25) is 0 Å². The van der Waals surface area contributed by atoms with Gasteiger partial charge in [0, 0.05) is 31.9 Å². The molecular weight excluding hydrogens is 198 g/mol. The van der Waals surface area contributed by atoms with E-state index in [2.05, 4.69) is 42.7 Å². The van der Waals surface area contributed by atoms with E-state index in [9.17, 15) is 0 Å². The van der Waals surface area contributed by atoms with E-state index >= 15 is 0 Å². The van der Waals surface area contributed by atoms with Crippen molar-refractivity contribution in [2.75, 3.05) is 7.05 Å². The first-order valence-corrected chi connectivity index (χ1v) is 6.19. The van der Waals surface area contributed by atoms with Crippen molar-refractivity contribution in [1.82, 2.24) is 14.9 Å². The van der Waals surface area contributed by atoms with Crippen molar-refractivity contribution in [2.45, 2.75) is 39.7 Å². The fraction of sp³-hybridized carbons (Fsp3) is 0.769. The second-order valence-electron chi connectivity index (χ2n) is 4.98. The number of aromatic nitrogens is 2. The molecule has 0 fully saturated rings. The average Bonchev–Trinajstić information content (AvgIpc) is 2.64. The van der Waals surface area contributed by atoms with Gasteiger partial charge in [0.25, 0.3) is 0 Å². The predicted molar refractivity (Wildman–Crippen MR) is 68.4 cm³/mol. The quantitative estimate of drug-likeness (QED) is 0.801. The summed E-state index contributed by atoms with van der Waals surface area (Å²) >= 11 is 0. The Morgan fingerprint density at radius 3 is 2.50 bits per heavy atom. The summed E-state index contributed by atoms with van der Waals surface area (Å²) in [6, 6.07) is 0.570. The highest BCUT2D eigenvalue weighted by Gasteiger charge is 2.19. The molecule has 0 aliphatic rings. The van der Waals surface area contributed by atoms with Crippen molar-refractivity contribution in [1.29, 1.82) is 0 Å². The largest absolute Gasteiger partial charge is 0.338 e. The fourth-order valence-corrected chi connectivity index (χ4v) is 2.31. The Labute approximate surface area is 99.3 Å². The Balaban J connectivity index is 2.54.